The highest BCUT2D eigenvalue weighted by Gasteiger charge is 2.56. The van der Waals surface area contributed by atoms with E-state index in [4.69, 9.17) is 22.1 Å². The number of nitrogens with zero attached hydrogens (tertiary/aromatic N) is 1. The second-order valence-electron chi connectivity index (χ2n) is 6.08. The van der Waals surface area contributed by atoms with Crippen molar-refractivity contribution in [3.05, 3.63) is 51.4 Å². The highest BCUT2D eigenvalue weighted by atomic mass is 35.5. The molecule has 6 heteroatoms. The van der Waals surface area contributed by atoms with E-state index >= 15 is 0 Å². The first-order chi connectivity index (χ1) is 11.0. The molecule has 2 aliphatic rings. The van der Waals surface area contributed by atoms with Crippen molar-refractivity contribution in [2.45, 2.75) is 18.4 Å². The van der Waals surface area contributed by atoms with Gasteiger partial charge in [0.25, 0.3) is 5.56 Å². The Balaban J connectivity index is 1.88. The van der Waals surface area contributed by atoms with Crippen molar-refractivity contribution in [3.63, 3.8) is 0 Å². The number of nitrogens with two attached hydrogens (primary N) is 1. The number of nitrogen functional groups attached to an aromatic ring is 1. The van der Waals surface area contributed by atoms with Crippen LogP contribution >= 0.6 is 11.6 Å². The van der Waals surface area contributed by atoms with Crippen molar-refractivity contribution in [1.82, 2.24) is 4.57 Å². The van der Waals surface area contributed by atoms with Gasteiger partial charge in [-0.15, -0.1) is 0 Å². The molecule has 0 radical (unpaired) electrons. The molecule has 3 atom stereocenters. The summed E-state index contributed by atoms with van der Waals surface area (Å²) in [5.41, 5.74) is 8.72. The first-order valence-corrected chi connectivity index (χ1v) is 7.78. The molecule has 0 unspecified atom stereocenters. The topological polar surface area (TPSA) is 74.3 Å². The Hall–Kier alpha value is -2.27. The van der Waals surface area contributed by atoms with Crippen molar-refractivity contribution < 1.29 is 9.53 Å². The molecule has 2 aromatic rings. The highest BCUT2D eigenvalue weighted by Crippen LogP contribution is 2.59. The number of benzene rings is 1. The molecule has 1 aliphatic carbocycles. The van der Waals surface area contributed by atoms with E-state index in [1.807, 2.05) is 6.07 Å². The number of carbonyl (C=O) groups excluding carboxylic acids is 1. The Morgan fingerprint density at radius 3 is 2.87 bits per heavy atom. The van der Waals surface area contributed by atoms with E-state index in [0.717, 1.165) is 23.2 Å². The molecule has 5 nitrogen and oxygen atoms in total. The number of hydrogen-bond acceptors (Lipinski definition) is 4. The second kappa shape index (κ2) is 4.86. The number of fused-ring (bicyclic) bond motifs is 3. The summed E-state index contributed by atoms with van der Waals surface area (Å²) in [5, 5.41) is 0.562. The van der Waals surface area contributed by atoms with Gasteiger partial charge >= 0.3 is 5.97 Å². The standard InChI is InChI=1S/C17H15ClN2O3/c1-23-17(22)16-12-7-11(12)14-4-8(5-15(21)20(14)16)10-6-9(18)2-3-13(10)19/h2-6,11-12,16H,7,19H2,1H3/t11-,12+,16+/m1/s1. The third-order valence-corrected chi connectivity index (χ3v) is 5.01. The normalized spacial score (nSPS) is 24.0. The van der Waals surface area contributed by atoms with E-state index in [1.54, 1.807) is 22.8 Å². The van der Waals surface area contributed by atoms with Gasteiger partial charge in [-0.1, -0.05) is 11.6 Å². The average molecular weight is 331 g/mol. The predicted molar refractivity (Wildman–Crippen MR) is 87.5 cm³/mol. The Kier molecular flexibility index (Phi) is 3.03. The fraction of sp³-hybridized carbons (Fsp3) is 0.294. The lowest BCUT2D eigenvalue weighted by Crippen LogP contribution is -2.30. The van der Waals surface area contributed by atoms with Crippen molar-refractivity contribution in [2.75, 3.05) is 12.8 Å². The molecule has 0 bridgehead atoms. The number of methoxy groups -OCH3 is 1. The maximum absolute atomic E-state index is 12.6. The zero-order chi connectivity index (χ0) is 16.3. The van der Waals surface area contributed by atoms with Crippen LogP contribution < -0.4 is 11.3 Å². The van der Waals surface area contributed by atoms with Crippen LogP contribution in [-0.2, 0) is 9.53 Å². The summed E-state index contributed by atoms with van der Waals surface area (Å²) >= 11 is 6.04. The Labute approximate surface area is 137 Å². The van der Waals surface area contributed by atoms with E-state index < -0.39 is 6.04 Å². The number of halogens is 1. The number of hydrogen-bond donors (Lipinski definition) is 1. The van der Waals surface area contributed by atoms with Gasteiger partial charge in [-0.2, -0.15) is 0 Å². The maximum atomic E-state index is 12.6. The lowest BCUT2D eigenvalue weighted by atomic mass is 10.0. The lowest BCUT2D eigenvalue weighted by molar-refractivity contribution is -0.145. The summed E-state index contributed by atoms with van der Waals surface area (Å²) in [5.74, 6) is 0.0580. The van der Waals surface area contributed by atoms with Crippen molar-refractivity contribution in [2.24, 2.45) is 5.92 Å². The third kappa shape index (κ3) is 2.07. The predicted octanol–water partition coefficient (Wildman–Crippen LogP) is 2.58. The molecule has 0 saturated heterocycles. The minimum absolute atomic E-state index is 0.169. The summed E-state index contributed by atoms with van der Waals surface area (Å²) < 4.78 is 6.42. The minimum Gasteiger partial charge on any atom is -0.467 e. The molecule has 0 spiro atoms. The monoisotopic (exact) mass is 330 g/mol. The molecule has 2 heterocycles. The van der Waals surface area contributed by atoms with Crippen molar-refractivity contribution in [3.8, 4) is 11.1 Å². The lowest BCUT2D eigenvalue weighted by Gasteiger charge is -2.17. The Morgan fingerprint density at radius 2 is 2.13 bits per heavy atom. The molecule has 4 rings (SSSR count). The van der Waals surface area contributed by atoms with Crippen LogP contribution in [0.3, 0.4) is 0 Å². The van der Waals surface area contributed by atoms with Crippen molar-refractivity contribution in [1.29, 1.82) is 0 Å². The zero-order valence-electron chi connectivity index (χ0n) is 12.5. The van der Waals surface area contributed by atoms with Gasteiger partial charge in [-0.05, 0) is 42.2 Å². The molecule has 1 aromatic heterocycles. The molecule has 1 fully saturated rings. The molecule has 118 valence electrons. The van der Waals surface area contributed by atoms with Crippen LogP contribution in [0.15, 0.2) is 35.1 Å². The number of aromatic nitrogens is 1. The smallest absolute Gasteiger partial charge is 0.329 e. The van der Waals surface area contributed by atoms with Gasteiger partial charge in [-0.3, -0.25) is 9.36 Å². The second-order valence-corrected chi connectivity index (χ2v) is 6.52. The Morgan fingerprint density at radius 1 is 1.35 bits per heavy atom. The number of pyridine rings is 1. The summed E-state index contributed by atoms with van der Waals surface area (Å²) in [6.07, 6.45) is 0.910. The Bertz CT molecular complexity index is 890. The maximum Gasteiger partial charge on any atom is 0.329 e. The summed E-state index contributed by atoms with van der Waals surface area (Å²) in [7, 11) is 1.35. The number of rotatable bonds is 2. The molecule has 1 aromatic carbocycles. The van der Waals surface area contributed by atoms with E-state index in [1.165, 1.54) is 13.2 Å². The summed E-state index contributed by atoms with van der Waals surface area (Å²) in [4.78, 5) is 24.6. The van der Waals surface area contributed by atoms with Crippen LogP contribution in [0.25, 0.3) is 11.1 Å². The van der Waals surface area contributed by atoms with Crippen LogP contribution in [0.2, 0.25) is 5.02 Å². The van der Waals surface area contributed by atoms with E-state index in [-0.39, 0.29) is 23.4 Å². The van der Waals surface area contributed by atoms with Crippen LogP contribution in [-0.4, -0.2) is 17.6 Å². The molecule has 1 aliphatic heterocycles. The van der Waals surface area contributed by atoms with Gasteiger partial charge in [0.1, 0.15) is 6.04 Å². The largest absolute Gasteiger partial charge is 0.467 e. The van der Waals surface area contributed by atoms with Crippen LogP contribution in [0.4, 0.5) is 5.69 Å². The van der Waals surface area contributed by atoms with Crippen LogP contribution in [0.5, 0.6) is 0 Å². The van der Waals surface area contributed by atoms with Gasteiger partial charge in [0, 0.05) is 34.0 Å². The number of esters is 1. The van der Waals surface area contributed by atoms with Crippen LogP contribution in [0.1, 0.15) is 24.1 Å². The van der Waals surface area contributed by atoms with Crippen LogP contribution in [0, 0.1) is 5.92 Å². The van der Waals surface area contributed by atoms with E-state index in [9.17, 15) is 9.59 Å². The van der Waals surface area contributed by atoms with Crippen molar-refractivity contribution >= 4 is 23.3 Å². The van der Waals surface area contributed by atoms with Gasteiger partial charge < -0.3 is 10.5 Å². The molecule has 23 heavy (non-hydrogen) atoms. The minimum atomic E-state index is -0.502. The fourth-order valence-corrected chi connectivity index (χ4v) is 3.79. The first kappa shape index (κ1) is 14.3. The van der Waals surface area contributed by atoms with Gasteiger partial charge in [0.2, 0.25) is 0 Å². The molecular formula is C17H15ClN2O3. The van der Waals surface area contributed by atoms with Gasteiger partial charge in [-0.25, -0.2) is 4.79 Å². The number of ether oxygens (including phenoxy) is 1. The quantitative estimate of drug-likeness (QED) is 0.678. The number of carbonyl (C=O) groups is 1. The molecule has 1 saturated carbocycles. The summed E-state index contributed by atoms with van der Waals surface area (Å²) in [6, 6.07) is 8.13. The SMILES string of the molecule is COC(=O)[C@@H]1[C@H]2C[C@H]2c2cc(-c3cc(Cl)ccc3N)cc(=O)n21. The van der Waals surface area contributed by atoms with Gasteiger partial charge in [0.15, 0.2) is 0 Å². The van der Waals surface area contributed by atoms with E-state index in [2.05, 4.69) is 0 Å². The van der Waals surface area contributed by atoms with E-state index in [0.29, 0.717) is 10.7 Å². The number of anilines is 1. The highest BCUT2D eigenvalue weighted by molar-refractivity contribution is 6.31. The molecule has 0 amide bonds. The first-order valence-electron chi connectivity index (χ1n) is 7.41. The fourth-order valence-electron chi connectivity index (χ4n) is 3.61. The summed E-state index contributed by atoms with van der Waals surface area (Å²) in [6.45, 7) is 0. The third-order valence-electron chi connectivity index (χ3n) is 4.77. The zero-order valence-corrected chi connectivity index (χ0v) is 13.2. The average Bonchev–Trinajstić information content (AvgIpc) is 3.25. The van der Waals surface area contributed by atoms with Gasteiger partial charge in [0.05, 0.1) is 7.11 Å². The molecule has 2 N–H and O–H groups in total. The molecular weight excluding hydrogens is 316 g/mol.